The largest absolute Gasteiger partial charge is 0.454 e. The van der Waals surface area contributed by atoms with E-state index in [2.05, 4.69) is 27.8 Å². The van der Waals surface area contributed by atoms with Crippen molar-refractivity contribution in [3.63, 3.8) is 0 Å². The molecule has 4 rings (SSSR count). The molecule has 2 aliphatic rings. The first-order valence-electron chi connectivity index (χ1n) is 10.4. The predicted octanol–water partition coefficient (Wildman–Crippen LogP) is 3.98. The fraction of sp³-hybridized carbons (Fsp3) is 0.435. The first kappa shape index (κ1) is 23.6. The number of hydrogen-bond acceptors (Lipinski definition) is 4. The number of hydrogen-bond donors (Lipinski definition) is 2. The van der Waals surface area contributed by atoms with E-state index in [1.165, 1.54) is 17.7 Å². The van der Waals surface area contributed by atoms with Crippen molar-refractivity contribution in [1.29, 1.82) is 0 Å². The molecule has 0 radical (unpaired) electrons. The summed E-state index contributed by atoms with van der Waals surface area (Å²) in [5.74, 6) is 2.06. The second-order valence-corrected chi connectivity index (χ2v) is 7.64. The molecule has 0 aromatic heterocycles. The zero-order valence-corrected chi connectivity index (χ0v) is 20.0. The van der Waals surface area contributed by atoms with Crippen molar-refractivity contribution >= 4 is 29.9 Å². The molecule has 0 saturated carbocycles. The van der Waals surface area contributed by atoms with Gasteiger partial charge in [-0.1, -0.05) is 18.2 Å². The van der Waals surface area contributed by atoms with E-state index in [-0.39, 0.29) is 42.0 Å². The van der Waals surface area contributed by atoms with Gasteiger partial charge in [-0.05, 0) is 55.2 Å². The zero-order valence-electron chi connectivity index (χ0n) is 17.7. The highest BCUT2D eigenvalue weighted by Gasteiger charge is 2.35. The summed E-state index contributed by atoms with van der Waals surface area (Å²) in [5, 5.41) is 6.79. The third kappa shape index (κ3) is 5.79. The first-order chi connectivity index (χ1) is 14.7. The molecule has 2 aromatic rings. The van der Waals surface area contributed by atoms with Gasteiger partial charge in [0.15, 0.2) is 17.5 Å². The summed E-state index contributed by atoms with van der Waals surface area (Å²) in [5.41, 5.74) is 1.96. The molecular formula is C23H29FIN3O3. The topological polar surface area (TPSA) is 64.1 Å². The van der Waals surface area contributed by atoms with Gasteiger partial charge in [0.2, 0.25) is 6.79 Å². The maximum atomic E-state index is 13.5. The van der Waals surface area contributed by atoms with Crippen LogP contribution in [0.25, 0.3) is 0 Å². The Kier molecular flexibility index (Phi) is 8.36. The number of nitrogens with one attached hydrogen (secondary N) is 2. The van der Waals surface area contributed by atoms with E-state index >= 15 is 0 Å². The van der Waals surface area contributed by atoms with Crippen LogP contribution in [0.1, 0.15) is 30.9 Å². The van der Waals surface area contributed by atoms with Gasteiger partial charge in [-0.15, -0.1) is 24.0 Å². The van der Waals surface area contributed by atoms with Gasteiger partial charge in [0.25, 0.3) is 0 Å². The molecule has 0 bridgehead atoms. The number of ether oxygens (including phenoxy) is 3. The first-order valence-corrected chi connectivity index (χ1v) is 10.4. The van der Waals surface area contributed by atoms with Crippen molar-refractivity contribution in [1.82, 2.24) is 10.6 Å². The molecule has 8 heteroatoms. The minimum atomic E-state index is -0.246. The molecule has 1 saturated heterocycles. The molecule has 31 heavy (non-hydrogen) atoms. The number of benzene rings is 2. The molecule has 1 fully saturated rings. The van der Waals surface area contributed by atoms with Gasteiger partial charge in [-0.2, -0.15) is 0 Å². The summed E-state index contributed by atoms with van der Waals surface area (Å²) in [6.45, 7) is 5.60. The molecule has 168 valence electrons. The number of halogens is 2. The van der Waals surface area contributed by atoms with E-state index in [0.29, 0.717) is 32.3 Å². The molecule has 0 unspecified atom stereocenters. The summed E-state index contributed by atoms with van der Waals surface area (Å²) in [6.07, 6.45) is 1.81. The number of nitrogens with zero attached hydrogens (tertiary/aromatic N) is 1. The summed E-state index contributed by atoms with van der Waals surface area (Å²) in [4.78, 5) is 4.64. The lowest BCUT2D eigenvalue weighted by atomic mass is 9.74. The molecule has 2 N–H and O–H groups in total. The van der Waals surface area contributed by atoms with Crippen LogP contribution in [-0.2, 0) is 16.7 Å². The van der Waals surface area contributed by atoms with Crippen LogP contribution in [0.5, 0.6) is 11.5 Å². The second kappa shape index (κ2) is 11.0. The van der Waals surface area contributed by atoms with Gasteiger partial charge in [0, 0.05) is 31.7 Å². The zero-order chi connectivity index (χ0) is 20.8. The third-order valence-electron chi connectivity index (χ3n) is 5.68. The Morgan fingerprint density at radius 1 is 1.06 bits per heavy atom. The van der Waals surface area contributed by atoms with Crippen LogP contribution in [-0.4, -0.2) is 39.1 Å². The lowest BCUT2D eigenvalue weighted by Crippen LogP contribution is -2.48. The molecule has 6 nitrogen and oxygen atoms in total. The van der Waals surface area contributed by atoms with Crippen LogP contribution >= 0.6 is 24.0 Å². The summed E-state index contributed by atoms with van der Waals surface area (Å²) >= 11 is 0. The second-order valence-electron chi connectivity index (χ2n) is 7.64. The average molecular weight is 541 g/mol. The molecular weight excluding hydrogens is 512 g/mol. The maximum Gasteiger partial charge on any atom is 0.231 e. The number of aliphatic imine (C=N–C) groups is 1. The SMILES string of the molecule is CCNC(=NCc1cccc(F)c1)NCC1(c2ccc3c(c2)OCO3)CCOCC1.I. The smallest absolute Gasteiger partial charge is 0.231 e. The average Bonchev–Trinajstić information content (AvgIpc) is 3.24. The van der Waals surface area contributed by atoms with Crippen LogP contribution in [0.4, 0.5) is 4.39 Å². The quantitative estimate of drug-likeness (QED) is 0.329. The summed E-state index contributed by atoms with van der Waals surface area (Å²) < 4.78 is 30.2. The highest BCUT2D eigenvalue weighted by atomic mass is 127. The van der Waals surface area contributed by atoms with Crippen molar-refractivity contribution in [3.05, 3.63) is 59.4 Å². The minimum absolute atomic E-state index is 0. The number of guanidine groups is 1. The Hall–Kier alpha value is -2.07. The van der Waals surface area contributed by atoms with E-state index in [0.717, 1.165) is 36.4 Å². The predicted molar refractivity (Wildman–Crippen MR) is 129 cm³/mol. The monoisotopic (exact) mass is 541 g/mol. The lowest BCUT2D eigenvalue weighted by Gasteiger charge is -2.38. The lowest BCUT2D eigenvalue weighted by molar-refractivity contribution is 0.0513. The van der Waals surface area contributed by atoms with Gasteiger partial charge in [-0.3, -0.25) is 0 Å². The van der Waals surface area contributed by atoms with Crippen molar-refractivity contribution < 1.29 is 18.6 Å². The van der Waals surface area contributed by atoms with Gasteiger partial charge in [0.1, 0.15) is 5.82 Å². The minimum Gasteiger partial charge on any atom is -0.454 e. The van der Waals surface area contributed by atoms with E-state index in [9.17, 15) is 4.39 Å². The van der Waals surface area contributed by atoms with Crippen molar-refractivity contribution in [2.45, 2.75) is 31.7 Å². The standard InChI is InChI=1S/C23H28FN3O3.HI/c1-2-25-22(26-14-17-4-3-5-19(24)12-17)27-15-23(8-10-28-11-9-23)18-6-7-20-21(13-18)30-16-29-20;/h3-7,12-13H,2,8-11,14-16H2,1H3,(H2,25,26,27);1H. The Morgan fingerprint density at radius 2 is 1.87 bits per heavy atom. The van der Waals surface area contributed by atoms with E-state index in [1.807, 2.05) is 19.1 Å². The van der Waals surface area contributed by atoms with Crippen LogP contribution in [0.15, 0.2) is 47.5 Å². The molecule has 0 spiro atoms. The van der Waals surface area contributed by atoms with Gasteiger partial charge >= 0.3 is 0 Å². The molecule has 0 amide bonds. The Morgan fingerprint density at radius 3 is 2.65 bits per heavy atom. The Bertz CT molecular complexity index is 903. The maximum absolute atomic E-state index is 13.5. The number of rotatable bonds is 6. The molecule has 2 aromatic carbocycles. The molecule has 0 atom stereocenters. The highest BCUT2D eigenvalue weighted by molar-refractivity contribution is 14.0. The van der Waals surface area contributed by atoms with E-state index in [4.69, 9.17) is 14.2 Å². The van der Waals surface area contributed by atoms with Crippen molar-refractivity contribution in [2.75, 3.05) is 33.1 Å². The van der Waals surface area contributed by atoms with E-state index < -0.39 is 0 Å². The Balaban J connectivity index is 0.00000272. The molecule has 0 aliphatic carbocycles. The van der Waals surface area contributed by atoms with Crippen LogP contribution in [0.2, 0.25) is 0 Å². The number of fused-ring (bicyclic) bond motifs is 1. The third-order valence-corrected chi connectivity index (χ3v) is 5.68. The molecule has 2 aliphatic heterocycles. The summed E-state index contributed by atoms with van der Waals surface area (Å²) in [6, 6.07) is 12.7. The highest BCUT2D eigenvalue weighted by Crippen LogP contribution is 2.40. The fourth-order valence-corrected chi connectivity index (χ4v) is 3.96. The Labute approximate surface area is 199 Å². The normalized spacial score (nSPS) is 17.0. The van der Waals surface area contributed by atoms with Crippen molar-refractivity contribution in [2.24, 2.45) is 4.99 Å². The van der Waals surface area contributed by atoms with Gasteiger partial charge in [-0.25, -0.2) is 9.38 Å². The van der Waals surface area contributed by atoms with E-state index in [1.54, 1.807) is 6.07 Å². The summed E-state index contributed by atoms with van der Waals surface area (Å²) in [7, 11) is 0. The van der Waals surface area contributed by atoms with Gasteiger partial charge in [0.05, 0.1) is 6.54 Å². The van der Waals surface area contributed by atoms with Crippen LogP contribution in [0.3, 0.4) is 0 Å². The van der Waals surface area contributed by atoms with Crippen LogP contribution in [0, 0.1) is 5.82 Å². The van der Waals surface area contributed by atoms with Crippen molar-refractivity contribution in [3.8, 4) is 11.5 Å². The molecule has 2 heterocycles. The van der Waals surface area contributed by atoms with Crippen LogP contribution < -0.4 is 20.1 Å². The fourth-order valence-electron chi connectivity index (χ4n) is 3.96. The van der Waals surface area contributed by atoms with Gasteiger partial charge < -0.3 is 24.8 Å².